The normalized spacial score (nSPS) is 12.0. The summed E-state index contributed by atoms with van der Waals surface area (Å²) >= 11 is 0. The minimum Gasteiger partial charge on any atom is -0.444 e. The topological polar surface area (TPSA) is 85.9 Å². The molecule has 0 aromatic heterocycles. The van der Waals surface area contributed by atoms with Crippen molar-refractivity contribution in [2.75, 3.05) is 19.7 Å². The number of ether oxygens (including phenoxy) is 3. The van der Waals surface area contributed by atoms with Crippen molar-refractivity contribution in [3.63, 3.8) is 0 Å². The maximum absolute atomic E-state index is 11.7. The monoisotopic (exact) mass is 332 g/mol. The molecular weight excluding hydrogens is 300 g/mol. The molecule has 0 radical (unpaired) electrons. The largest absolute Gasteiger partial charge is 0.444 e. The van der Waals surface area contributed by atoms with Crippen molar-refractivity contribution in [1.29, 1.82) is 0 Å². The van der Waals surface area contributed by atoms with Crippen LogP contribution in [0.1, 0.15) is 54.9 Å². The first-order chi connectivity index (χ1) is 10.4. The van der Waals surface area contributed by atoms with E-state index in [0.29, 0.717) is 6.61 Å². The van der Waals surface area contributed by atoms with E-state index < -0.39 is 23.4 Å². The standard InChI is InChI=1S/C16H32N2O5/c1-8-9-21-12(10-17-13(19)22-15(2,3)4)11-18-14(20)23-16(5,6)7/h12H,8-11H2,1-7H3,(H,17,19)(H,18,20). The van der Waals surface area contributed by atoms with Gasteiger partial charge in [0.1, 0.15) is 11.2 Å². The SMILES string of the molecule is CCCOC(CNC(=O)OC(C)(C)C)CNC(=O)OC(C)(C)C. The summed E-state index contributed by atoms with van der Waals surface area (Å²) in [5.74, 6) is 0. The van der Waals surface area contributed by atoms with E-state index >= 15 is 0 Å². The fourth-order valence-electron chi connectivity index (χ4n) is 1.50. The third-order valence-electron chi connectivity index (χ3n) is 2.30. The van der Waals surface area contributed by atoms with Gasteiger partial charge in [0.15, 0.2) is 0 Å². The van der Waals surface area contributed by atoms with Crippen molar-refractivity contribution >= 4 is 12.2 Å². The molecule has 0 unspecified atom stereocenters. The number of alkyl carbamates (subject to hydrolysis) is 2. The third kappa shape index (κ3) is 13.9. The molecule has 0 aliphatic carbocycles. The van der Waals surface area contributed by atoms with Crippen LogP contribution in [0, 0.1) is 0 Å². The van der Waals surface area contributed by atoms with E-state index in [9.17, 15) is 9.59 Å². The first-order valence-corrected chi connectivity index (χ1v) is 7.98. The molecule has 0 aromatic carbocycles. The molecule has 0 saturated heterocycles. The Morgan fingerprint density at radius 2 is 1.26 bits per heavy atom. The van der Waals surface area contributed by atoms with Crippen LogP contribution in [0.15, 0.2) is 0 Å². The molecule has 23 heavy (non-hydrogen) atoms. The minimum atomic E-state index is -0.557. The van der Waals surface area contributed by atoms with Crippen molar-refractivity contribution in [2.45, 2.75) is 72.2 Å². The van der Waals surface area contributed by atoms with Crippen molar-refractivity contribution in [3.8, 4) is 0 Å². The van der Waals surface area contributed by atoms with E-state index in [1.54, 1.807) is 41.5 Å². The molecule has 0 rings (SSSR count). The first kappa shape index (κ1) is 21.5. The molecule has 0 atom stereocenters. The van der Waals surface area contributed by atoms with Gasteiger partial charge in [-0.3, -0.25) is 0 Å². The van der Waals surface area contributed by atoms with Crippen LogP contribution in [0.25, 0.3) is 0 Å². The maximum atomic E-state index is 11.7. The number of nitrogens with one attached hydrogen (secondary N) is 2. The Morgan fingerprint density at radius 3 is 1.57 bits per heavy atom. The van der Waals surface area contributed by atoms with Gasteiger partial charge in [-0.25, -0.2) is 9.59 Å². The average molecular weight is 332 g/mol. The van der Waals surface area contributed by atoms with Gasteiger partial charge in [-0.05, 0) is 48.0 Å². The molecule has 0 bridgehead atoms. The second kappa shape index (κ2) is 9.60. The van der Waals surface area contributed by atoms with Gasteiger partial charge in [0, 0.05) is 19.7 Å². The van der Waals surface area contributed by atoms with E-state index in [2.05, 4.69) is 10.6 Å². The Kier molecular flexibility index (Phi) is 8.97. The van der Waals surface area contributed by atoms with E-state index in [4.69, 9.17) is 14.2 Å². The smallest absolute Gasteiger partial charge is 0.407 e. The Balaban J connectivity index is 4.30. The lowest BCUT2D eigenvalue weighted by Gasteiger charge is -2.23. The van der Waals surface area contributed by atoms with Crippen LogP contribution in [-0.2, 0) is 14.2 Å². The van der Waals surface area contributed by atoms with E-state index in [-0.39, 0.29) is 19.2 Å². The number of rotatable bonds is 7. The Labute approximate surface area is 139 Å². The molecule has 0 spiro atoms. The van der Waals surface area contributed by atoms with Crippen LogP contribution in [0.2, 0.25) is 0 Å². The number of carbonyl (C=O) groups excluding carboxylic acids is 2. The highest BCUT2D eigenvalue weighted by atomic mass is 16.6. The summed E-state index contributed by atoms with van der Waals surface area (Å²) in [4.78, 5) is 23.3. The van der Waals surface area contributed by atoms with Crippen LogP contribution in [0.3, 0.4) is 0 Å². The van der Waals surface area contributed by atoms with Crippen molar-refractivity contribution in [2.24, 2.45) is 0 Å². The highest BCUT2D eigenvalue weighted by Crippen LogP contribution is 2.07. The zero-order valence-corrected chi connectivity index (χ0v) is 15.4. The van der Waals surface area contributed by atoms with Crippen LogP contribution in [0.4, 0.5) is 9.59 Å². The van der Waals surface area contributed by atoms with Gasteiger partial charge in [-0.2, -0.15) is 0 Å². The van der Waals surface area contributed by atoms with E-state index in [0.717, 1.165) is 6.42 Å². The number of carbonyl (C=O) groups is 2. The predicted octanol–water partition coefficient (Wildman–Crippen LogP) is 2.83. The molecule has 0 aliphatic rings. The van der Waals surface area contributed by atoms with Crippen LogP contribution >= 0.6 is 0 Å². The fourth-order valence-corrected chi connectivity index (χ4v) is 1.50. The van der Waals surface area contributed by atoms with Crippen LogP contribution in [-0.4, -0.2) is 49.2 Å². The van der Waals surface area contributed by atoms with Crippen molar-refractivity contribution < 1.29 is 23.8 Å². The quantitative estimate of drug-likeness (QED) is 0.749. The summed E-state index contributed by atoms with van der Waals surface area (Å²) in [6.45, 7) is 13.8. The van der Waals surface area contributed by atoms with Gasteiger partial charge < -0.3 is 24.8 Å². The Morgan fingerprint density at radius 1 is 0.870 bits per heavy atom. The molecule has 2 N–H and O–H groups in total. The molecule has 0 aromatic rings. The van der Waals surface area contributed by atoms with Crippen LogP contribution < -0.4 is 10.6 Å². The molecular formula is C16H32N2O5. The van der Waals surface area contributed by atoms with E-state index in [1.165, 1.54) is 0 Å². The van der Waals surface area contributed by atoms with Gasteiger partial charge in [-0.15, -0.1) is 0 Å². The van der Waals surface area contributed by atoms with Crippen molar-refractivity contribution in [1.82, 2.24) is 10.6 Å². The lowest BCUT2D eigenvalue weighted by atomic mass is 10.2. The summed E-state index contributed by atoms with van der Waals surface area (Å²) < 4.78 is 15.9. The molecule has 0 heterocycles. The summed E-state index contributed by atoms with van der Waals surface area (Å²) in [5, 5.41) is 5.28. The predicted molar refractivity (Wildman–Crippen MR) is 88.5 cm³/mol. The molecule has 7 nitrogen and oxygen atoms in total. The fraction of sp³-hybridized carbons (Fsp3) is 0.875. The second-order valence-electron chi connectivity index (χ2n) is 7.26. The maximum Gasteiger partial charge on any atom is 0.407 e. The van der Waals surface area contributed by atoms with Crippen LogP contribution in [0.5, 0.6) is 0 Å². The summed E-state index contributed by atoms with van der Waals surface area (Å²) in [6.07, 6.45) is -0.537. The number of hydrogen-bond acceptors (Lipinski definition) is 5. The zero-order chi connectivity index (χ0) is 18.1. The van der Waals surface area contributed by atoms with Gasteiger partial charge in [0.05, 0.1) is 6.10 Å². The molecule has 136 valence electrons. The molecule has 7 heteroatoms. The van der Waals surface area contributed by atoms with E-state index in [1.807, 2.05) is 6.92 Å². The Bertz CT molecular complexity index is 340. The summed E-state index contributed by atoms with van der Waals surface area (Å²) in [7, 11) is 0. The average Bonchev–Trinajstić information content (AvgIpc) is 2.33. The van der Waals surface area contributed by atoms with Gasteiger partial charge in [0.2, 0.25) is 0 Å². The Hall–Kier alpha value is -1.50. The van der Waals surface area contributed by atoms with Gasteiger partial charge in [-0.1, -0.05) is 6.92 Å². The molecule has 2 amide bonds. The highest BCUT2D eigenvalue weighted by Gasteiger charge is 2.20. The summed E-state index contributed by atoms with van der Waals surface area (Å²) in [6, 6.07) is 0. The first-order valence-electron chi connectivity index (χ1n) is 7.98. The molecule has 0 fully saturated rings. The lowest BCUT2D eigenvalue weighted by molar-refractivity contribution is 0.0286. The minimum absolute atomic E-state index is 0.241. The number of amides is 2. The van der Waals surface area contributed by atoms with Gasteiger partial charge in [0.25, 0.3) is 0 Å². The third-order valence-corrected chi connectivity index (χ3v) is 2.30. The van der Waals surface area contributed by atoms with Crippen molar-refractivity contribution in [3.05, 3.63) is 0 Å². The zero-order valence-electron chi connectivity index (χ0n) is 15.4. The molecule has 0 aliphatic heterocycles. The highest BCUT2D eigenvalue weighted by molar-refractivity contribution is 5.68. The molecule has 0 saturated carbocycles. The lowest BCUT2D eigenvalue weighted by Crippen LogP contribution is -2.44. The van der Waals surface area contributed by atoms with Gasteiger partial charge >= 0.3 is 12.2 Å². The second-order valence-corrected chi connectivity index (χ2v) is 7.26. The number of hydrogen-bond donors (Lipinski definition) is 2. The summed E-state index contributed by atoms with van der Waals surface area (Å²) in [5.41, 5.74) is -1.11.